The number of rotatable bonds is 7. The van der Waals surface area contributed by atoms with Gasteiger partial charge in [0.25, 0.3) is 5.91 Å². The van der Waals surface area contributed by atoms with Crippen molar-refractivity contribution in [2.45, 2.75) is 72.8 Å². The van der Waals surface area contributed by atoms with E-state index in [2.05, 4.69) is 34.4 Å². The third-order valence-electron chi connectivity index (χ3n) is 5.86. The van der Waals surface area contributed by atoms with Crippen LogP contribution < -0.4 is 10.6 Å². The number of aromatic nitrogens is 2. The van der Waals surface area contributed by atoms with Crippen molar-refractivity contribution in [1.82, 2.24) is 15.3 Å². The lowest BCUT2D eigenvalue weighted by Gasteiger charge is -2.28. The lowest BCUT2D eigenvalue weighted by Crippen LogP contribution is -2.44. The van der Waals surface area contributed by atoms with Crippen LogP contribution in [0.3, 0.4) is 0 Å². The third kappa shape index (κ3) is 5.03. The van der Waals surface area contributed by atoms with Crippen LogP contribution in [0.4, 0.5) is 5.69 Å². The van der Waals surface area contributed by atoms with Gasteiger partial charge in [-0.05, 0) is 49.8 Å². The molecule has 1 atom stereocenters. The number of fused-ring (bicyclic) bond motifs is 1. The van der Waals surface area contributed by atoms with Crippen LogP contribution in [0.15, 0.2) is 18.3 Å². The monoisotopic (exact) mass is 424 g/mol. The Hall–Kier alpha value is -2.96. The van der Waals surface area contributed by atoms with Crippen LogP contribution in [0.25, 0.3) is 0 Å². The zero-order valence-corrected chi connectivity index (χ0v) is 19.0. The first-order valence-electron chi connectivity index (χ1n) is 10.9. The Morgan fingerprint density at radius 2 is 2.00 bits per heavy atom. The van der Waals surface area contributed by atoms with E-state index in [0.717, 1.165) is 18.5 Å². The highest BCUT2D eigenvalue weighted by Gasteiger charge is 2.35. The molecule has 0 radical (unpaired) electrons. The highest BCUT2D eigenvalue weighted by molar-refractivity contribution is 6.06. The number of ketones is 1. The molecule has 0 saturated carbocycles. The molecule has 0 aromatic carbocycles. The molecule has 3 rings (SSSR count). The molecule has 166 valence electrons. The lowest BCUT2D eigenvalue weighted by molar-refractivity contribution is -0.118. The fourth-order valence-electron chi connectivity index (χ4n) is 4.20. The van der Waals surface area contributed by atoms with E-state index in [1.54, 1.807) is 25.3 Å². The molecule has 3 N–H and O–H groups in total. The van der Waals surface area contributed by atoms with Gasteiger partial charge in [-0.3, -0.25) is 19.4 Å². The fraction of sp³-hybridized carbons (Fsp3) is 0.500. The summed E-state index contributed by atoms with van der Waals surface area (Å²) in [7, 11) is 0. The van der Waals surface area contributed by atoms with Crippen molar-refractivity contribution in [3.63, 3.8) is 0 Å². The second-order valence-corrected chi connectivity index (χ2v) is 9.21. The molecule has 7 nitrogen and oxygen atoms in total. The van der Waals surface area contributed by atoms with Crippen LogP contribution in [0.2, 0.25) is 0 Å². The Balaban J connectivity index is 1.81. The van der Waals surface area contributed by atoms with E-state index in [4.69, 9.17) is 0 Å². The van der Waals surface area contributed by atoms with Gasteiger partial charge in [0.15, 0.2) is 5.78 Å². The minimum atomic E-state index is -0.682. The van der Waals surface area contributed by atoms with E-state index in [1.807, 2.05) is 13.8 Å². The number of hydrogen-bond donors (Lipinski definition) is 3. The van der Waals surface area contributed by atoms with Gasteiger partial charge in [-0.25, -0.2) is 0 Å². The van der Waals surface area contributed by atoms with Gasteiger partial charge in [-0.2, -0.15) is 0 Å². The molecule has 0 saturated heterocycles. The van der Waals surface area contributed by atoms with Crippen molar-refractivity contribution in [1.29, 1.82) is 0 Å². The van der Waals surface area contributed by atoms with E-state index in [1.165, 1.54) is 0 Å². The SMILES string of the molecule is CCCCC(NC(=O)c1[nH]c2c(c1C)C(=O)CC(C)(C)C2)C(=O)Nc1cccnc1C. The van der Waals surface area contributed by atoms with E-state index in [9.17, 15) is 14.4 Å². The quantitative estimate of drug-likeness (QED) is 0.622. The van der Waals surface area contributed by atoms with Crippen molar-refractivity contribution >= 4 is 23.3 Å². The summed E-state index contributed by atoms with van der Waals surface area (Å²) < 4.78 is 0. The Morgan fingerprint density at radius 1 is 1.26 bits per heavy atom. The molecule has 7 heteroatoms. The number of nitrogens with zero attached hydrogens (tertiary/aromatic N) is 1. The fourth-order valence-corrected chi connectivity index (χ4v) is 4.20. The lowest BCUT2D eigenvalue weighted by atomic mass is 9.75. The number of unbranched alkanes of at least 4 members (excludes halogenated alkanes) is 1. The molecule has 2 aromatic rings. The number of amides is 2. The summed E-state index contributed by atoms with van der Waals surface area (Å²) in [5.74, 6) is -0.577. The van der Waals surface area contributed by atoms with Crippen molar-refractivity contribution in [3.05, 3.63) is 46.5 Å². The van der Waals surface area contributed by atoms with Crippen LogP contribution in [0.1, 0.15) is 84.3 Å². The van der Waals surface area contributed by atoms with E-state index in [0.29, 0.717) is 47.5 Å². The molecule has 0 spiro atoms. The minimum absolute atomic E-state index is 0.0615. The smallest absolute Gasteiger partial charge is 0.268 e. The number of aromatic amines is 1. The standard InChI is InChI=1S/C24H32N4O3/c1-6-7-9-17(22(30)27-16-10-8-11-25-15(16)3)28-23(31)21-14(2)20-18(26-21)12-24(4,5)13-19(20)29/h8,10-11,17,26H,6-7,9,12-13H2,1-5H3,(H,27,30)(H,28,31). The largest absolute Gasteiger partial charge is 0.354 e. The van der Waals surface area contributed by atoms with Gasteiger partial charge >= 0.3 is 0 Å². The zero-order valence-electron chi connectivity index (χ0n) is 19.0. The molecule has 2 amide bonds. The number of hydrogen-bond acceptors (Lipinski definition) is 4. The van der Waals surface area contributed by atoms with Crippen molar-refractivity contribution in [2.75, 3.05) is 5.32 Å². The second-order valence-electron chi connectivity index (χ2n) is 9.21. The van der Waals surface area contributed by atoms with E-state index >= 15 is 0 Å². The Labute approximate surface area is 183 Å². The van der Waals surface area contributed by atoms with Gasteiger partial charge in [0.1, 0.15) is 11.7 Å². The van der Waals surface area contributed by atoms with Crippen LogP contribution in [0.5, 0.6) is 0 Å². The van der Waals surface area contributed by atoms with Crippen LogP contribution in [-0.4, -0.2) is 33.6 Å². The number of H-pyrrole nitrogens is 1. The Morgan fingerprint density at radius 3 is 2.68 bits per heavy atom. The average molecular weight is 425 g/mol. The first-order valence-corrected chi connectivity index (χ1v) is 10.9. The molecule has 31 heavy (non-hydrogen) atoms. The van der Waals surface area contributed by atoms with Crippen molar-refractivity contribution in [3.8, 4) is 0 Å². The normalized spacial score (nSPS) is 15.8. The number of nitrogens with one attached hydrogen (secondary N) is 3. The van der Waals surface area contributed by atoms with Gasteiger partial charge < -0.3 is 15.6 Å². The van der Waals surface area contributed by atoms with E-state index in [-0.39, 0.29) is 23.0 Å². The first kappa shape index (κ1) is 22.7. The highest BCUT2D eigenvalue weighted by Crippen LogP contribution is 2.36. The molecule has 2 aromatic heterocycles. The Bertz CT molecular complexity index is 1010. The van der Waals surface area contributed by atoms with E-state index < -0.39 is 6.04 Å². The zero-order chi connectivity index (χ0) is 22.8. The maximum Gasteiger partial charge on any atom is 0.268 e. The number of pyridine rings is 1. The van der Waals surface area contributed by atoms with Gasteiger partial charge in [-0.1, -0.05) is 33.6 Å². The van der Waals surface area contributed by atoms with Gasteiger partial charge in [-0.15, -0.1) is 0 Å². The predicted molar refractivity (Wildman–Crippen MR) is 120 cm³/mol. The summed E-state index contributed by atoms with van der Waals surface area (Å²) in [6.45, 7) is 9.75. The summed E-state index contributed by atoms with van der Waals surface area (Å²) in [5.41, 5.74) is 3.66. The summed E-state index contributed by atoms with van der Waals surface area (Å²) in [6.07, 6.45) is 5.08. The molecule has 0 fully saturated rings. The minimum Gasteiger partial charge on any atom is -0.354 e. The Kier molecular flexibility index (Phi) is 6.62. The first-order chi connectivity index (χ1) is 14.6. The highest BCUT2D eigenvalue weighted by atomic mass is 16.2. The molecular weight excluding hydrogens is 392 g/mol. The number of Topliss-reactive ketones (excluding diaryl/α,β-unsaturated/α-hetero) is 1. The average Bonchev–Trinajstić information content (AvgIpc) is 3.02. The second kappa shape index (κ2) is 9.04. The maximum absolute atomic E-state index is 13.1. The molecule has 0 bridgehead atoms. The predicted octanol–water partition coefficient (Wildman–Crippen LogP) is 4.11. The van der Waals surface area contributed by atoms with Gasteiger partial charge in [0.05, 0.1) is 11.4 Å². The molecule has 1 aliphatic rings. The van der Waals surface area contributed by atoms with Gasteiger partial charge in [0.2, 0.25) is 5.91 Å². The summed E-state index contributed by atoms with van der Waals surface area (Å²) in [4.78, 5) is 46.0. The molecule has 2 heterocycles. The number of carbonyl (C=O) groups excluding carboxylic acids is 3. The molecular formula is C24H32N4O3. The third-order valence-corrected chi connectivity index (χ3v) is 5.86. The van der Waals surface area contributed by atoms with Crippen LogP contribution >= 0.6 is 0 Å². The topological polar surface area (TPSA) is 104 Å². The number of carbonyl (C=O) groups is 3. The van der Waals surface area contributed by atoms with Crippen molar-refractivity contribution < 1.29 is 14.4 Å². The summed E-state index contributed by atoms with van der Waals surface area (Å²) >= 11 is 0. The molecule has 0 aliphatic heterocycles. The summed E-state index contributed by atoms with van der Waals surface area (Å²) in [5, 5.41) is 5.76. The summed E-state index contributed by atoms with van der Waals surface area (Å²) in [6, 6.07) is 2.86. The van der Waals surface area contributed by atoms with Gasteiger partial charge in [0, 0.05) is 23.9 Å². The maximum atomic E-state index is 13.1. The number of anilines is 1. The number of aryl methyl sites for hydroxylation is 1. The van der Waals surface area contributed by atoms with Crippen molar-refractivity contribution in [2.24, 2.45) is 5.41 Å². The molecule has 1 aliphatic carbocycles. The molecule has 1 unspecified atom stereocenters. The van der Waals surface area contributed by atoms with Crippen LogP contribution in [0, 0.1) is 19.3 Å². The van der Waals surface area contributed by atoms with Crippen LogP contribution in [-0.2, 0) is 11.2 Å².